The molecule has 33 heavy (non-hydrogen) atoms. The van der Waals surface area contributed by atoms with Crippen molar-refractivity contribution in [1.29, 1.82) is 0 Å². The number of aliphatic carboxylic acids is 1. The lowest BCUT2D eigenvalue weighted by Crippen LogP contribution is -2.38. The predicted octanol–water partition coefficient (Wildman–Crippen LogP) is 4.67. The van der Waals surface area contributed by atoms with E-state index >= 15 is 0 Å². The molecule has 3 aromatic carbocycles. The van der Waals surface area contributed by atoms with Gasteiger partial charge in [0.1, 0.15) is 5.54 Å². The van der Waals surface area contributed by atoms with E-state index in [1.54, 1.807) is 0 Å². The van der Waals surface area contributed by atoms with E-state index in [1.165, 1.54) is 0 Å². The minimum atomic E-state index is -1.42. The number of nitrogens with one attached hydrogen (secondary N) is 1. The Morgan fingerprint density at radius 3 is 1.85 bits per heavy atom. The Balaban J connectivity index is 1.87. The molecular formula is C24H19FN4O3S. The van der Waals surface area contributed by atoms with E-state index in [9.17, 15) is 14.3 Å². The summed E-state index contributed by atoms with van der Waals surface area (Å²) in [5.41, 5.74) is 1.42. The molecule has 0 atom stereocenters. The zero-order chi connectivity index (χ0) is 23.1. The minimum absolute atomic E-state index is 0.175. The van der Waals surface area contributed by atoms with Crippen LogP contribution in [-0.2, 0) is 15.2 Å². The predicted molar refractivity (Wildman–Crippen MR) is 124 cm³/mol. The molecule has 9 heteroatoms. The van der Waals surface area contributed by atoms with Crippen molar-refractivity contribution in [2.45, 2.75) is 5.54 Å². The quantitative estimate of drug-likeness (QED) is 0.213. The lowest BCUT2D eigenvalue weighted by molar-refractivity contribution is -0.129. The van der Waals surface area contributed by atoms with E-state index in [2.05, 4.69) is 24.7 Å². The summed E-state index contributed by atoms with van der Waals surface area (Å²) < 4.78 is 16.5. The summed E-state index contributed by atoms with van der Waals surface area (Å²) >= 11 is 0.974. The number of hydrogen-bond donors (Lipinski definition) is 2. The number of oxime groups is 1. The molecule has 0 fully saturated rings. The Labute approximate surface area is 193 Å². The summed E-state index contributed by atoms with van der Waals surface area (Å²) in [5.74, 6) is -1.60. The van der Waals surface area contributed by atoms with Crippen molar-refractivity contribution in [2.75, 3.05) is 12.2 Å². The van der Waals surface area contributed by atoms with Gasteiger partial charge in [-0.3, -0.25) is 0 Å². The summed E-state index contributed by atoms with van der Waals surface area (Å²) in [6.07, 6.45) is 0. The van der Waals surface area contributed by atoms with Gasteiger partial charge in [0.05, 0.1) is 0 Å². The van der Waals surface area contributed by atoms with Crippen LogP contribution in [0.1, 0.15) is 22.5 Å². The highest BCUT2D eigenvalue weighted by Crippen LogP contribution is 2.40. The first-order chi connectivity index (χ1) is 16.1. The van der Waals surface area contributed by atoms with E-state index in [1.807, 2.05) is 91.0 Å². The molecule has 0 saturated carbocycles. The first-order valence-corrected chi connectivity index (χ1v) is 10.7. The van der Waals surface area contributed by atoms with Gasteiger partial charge in [0.2, 0.25) is 16.7 Å². The zero-order valence-electron chi connectivity index (χ0n) is 17.3. The summed E-state index contributed by atoms with van der Waals surface area (Å²) in [6.45, 7) is -1.26. The van der Waals surface area contributed by atoms with Crippen molar-refractivity contribution in [3.63, 3.8) is 0 Å². The van der Waals surface area contributed by atoms with Crippen LogP contribution in [0.5, 0.6) is 0 Å². The zero-order valence-corrected chi connectivity index (χ0v) is 18.1. The molecule has 0 bridgehead atoms. The number of anilines is 1. The van der Waals surface area contributed by atoms with Crippen molar-refractivity contribution in [2.24, 2.45) is 5.16 Å². The molecule has 2 N–H and O–H groups in total. The number of halogens is 1. The monoisotopic (exact) mass is 462 g/mol. The summed E-state index contributed by atoms with van der Waals surface area (Å²) in [6, 6.07) is 29.6. The van der Waals surface area contributed by atoms with Crippen molar-refractivity contribution in [3.05, 3.63) is 114 Å². The fourth-order valence-electron chi connectivity index (χ4n) is 3.58. The van der Waals surface area contributed by atoms with Gasteiger partial charge in [0.25, 0.3) is 6.86 Å². The fraction of sp³-hybridized carbons (Fsp3) is 0.0833. The number of benzene rings is 3. The van der Waals surface area contributed by atoms with Crippen LogP contribution in [0, 0.1) is 0 Å². The van der Waals surface area contributed by atoms with Crippen LogP contribution in [-0.4, -0.2) is 33.0 Å². The molecule has 0 aliphatic carbocycles. The number of alkyl halides is 1. The first kappa shape index (κ1) is 22.1. The van der Waals surface area contributed by atoms with Crippen molar-refractivity contribution < 1.29 is 19.1 Å². The van der Waals surface area contributed by atoms with Crippen LogP contribution in [0.15, 0.2) is 96.2 Å². The maximum atomic E-state index is 12.4. The minimum Gasteiger partial charge on any atom is -0.476 e. The molecule has 0 unspecified atom stereocenters. The van der Waals surface area contributed by atoms with Gasteiger partial charge in [-0.15, -0.1) is 0 Å². The molecule has 0 radical (unpaired) electrons. The number of nitrogens with zero attached hydrogens (tertiary/aromatic N) is 3. The van der Waals surface area contributed by atoms with Gasteiger partial charge in [-0.05, 0) is 16.7 Å². The number of rotatable bonds is 9. The maximum Gasteiger partial charge on any atom is 0.362 e. The largest absolute Gasteiger partial charge is 0.476 e. The molecule has 1 heterocycles. The first-order valence-electron chi connectivity index (χ1n) is 9.93. The van der Waals surface area contributed by atoms with Crippen molar-refractivity contribution in [1.82, 2.24) is 9.36 Å². The van der Waals surface area contributed by atoms with Gasteiger partial charge >= 0.3 is 5.97 Å². The number of carbonyl (C=O) groups is 1. The smallest absolute Gasteiger partial charge is 0.362 e. The van der Waals surface area contributed by atoms with E-state index in [4.69, 9.17) is 0 Å². The third kappa shape index (κ3) is 4.58. The Morgan fingerprint density at radius 1 is 0.939 bits per heavy atom. The maximum absolute atomic E-state index is 12.4. The second-order valence-corrected chi connectivity index (χ2v) is 7.63. The van der Waals surface area contributed by atoms with E-state index in [0.29, 0.717) is 5.13 Å². The van der Waals surface area contributed by atoms with Crippen LogP contribution >= 0.6 is 11.5 Å². The van der Waals surface area contributed by atoms with Gasteiger partial charge in [0, 0.05) is 11.5 Å². The molecule has 166 valence electrons. The van der Waals surface area contributed by atoms with Gasteiger partial charge < -0.3 is 15.3 Å². The fourth-order valence-corrected chi connectivity index (χ4v) is 4.20. The SMILES string of the molecule is O=C(O)C(=NOCF)c1nsc(NC(c2ccccc2)(c2ccccc2)c2ccccc2)n1. The summed E-state index contributed by atoms with van der Waals surface area (Å²) in [5, 5.41) is 16.5. The third-order valence-electron chi connectivity index (χ3n) is 4.96. The molecule has 0 aliphatic heterocycles. The number of carboxylic acids is 1. The molecule has 0 spiro atoms. The molecule has 4 aromatic rings. The standard InChI is InChI=1S/C24H19FN4O3S/c25-16-32-28-20(22(30)31)21-26-23(33-29-21)27-24(17-10-4-1-5-11-17,18-12-6-2-7-13-18)19-14-8-3-9-15-19/h1-15H,16H2,(H,30,31)(H,26,27,29). The summed E-state index contributed by atoms with van der Waals surface area (Å²) in [7, 11) is 0. The van der Waals surface area contributed by atoms with E-state index in [-0.39, 0.29) is 5.82 Å². The van der Waals surface area contributed by atoms with Gasteiger partial charge in [-0.25, -0.2) is 9.18 Å². The number of aromatic nitrogens is 2. The second-order valence-electron chi connectivity index (χ2n) is 6.88. The van der Waals surface area contributed by atoms with Crippen LogP contribution in [0.2, 0.25) is 0 Å². The molecular weight excluding hydrogens is 443 g/mol. The van der Waals surface area contributed by atoms with Gasteiger partial charge in [0.15, 0.2) is 0 Å². The van der Waals surface area contributed by atoms with E-state index < -0.39 is 24.1 Å². The average molecular weight is 463 g/mol. The third-order valence-corrected chi connectivity index (χ3v) is 5.59. The highest BCUT2D eigenvalue weighted by atomic mass is 32.1. The Bertz CT molecular complexity index is 1140. The lowest BCUT2D eigenvalue weighted by Gasteiger charge is -2.36. The molecule has 4 rings (SSSR count). The molecule has 7 nitrogen and oxygen atoms in total. The van der Waals surface area contributed by atoms with Crippen molar-refractivity contribution in [3.8, 4) is 0 Å². The molecule has 0 aliphatic rings. The average Bonchev–Trinajstić information content (AvgIpc) is 3.32. The van der Waals surface area contributed by atoms with Gasteiger partial charge in [-0.1, -0.05) is 96.2 Å². The van der Waals surface area contributed by atoms with Crippen LogP contribution < -0.4 is 5.32 Å². The Morgan fingerprint density at radius 2 is 1.42 bits per heavy atom. The van der Waals surface area contributed by atoms with Crippen molar-refractivity contribution >= 4 is 28.3 Å². The van der Waals surface area contributed by atoms with Gasteiger partial charge in [-0.2, -0.15) is 9.36 Å². The molecule has 1 aromatic heterocycles. The van der Waals surface area contributed by atoms with Crippen LogP contribution in [0.25, 0.3) is 0 Å². The number of hydrogen-bond acceptors (Lipinski definition) is 7. The Hall–Kier alpha value is -4.11. The number of carboxylic acid groups (broad SMARTS) is 1. The van der Waals surface area contributed by atoms with Crippen LogP contribution in [0.3, 0.4) is 0 Å². The highest BCUT2D eigenvalue weighted by Gasteiger charge is 2.37. The Kier molecular flexibility index (Phi) is 6.70. The summed E-state index contributed by atoms with van der Waals surface area (Å²) in [4.78, 5) is 20.1. The van der Waals surface area contributed by atoms with E-state index in [0.717, 1.165) is 28.2 Å². The second kappa shape index (κ2) is 10.0. The molecule has 0 saturated heterocycles. The lowest BCUT2D eigenvalue weighted by atomic mass is 9.77. The normalized spacial score (nSPS) is 11.7. The van der Waals surface area contributed by atoms with Crippen LogP contribution in [0.4, 0.5) is 9.52 Å². The molecule has 0 amide bonds. The topological polar surface area (TPSA) is 96.7 Å². The highest BCUT2D eigenvalue weighted by molar-refractivity contribution is 7.09.